The zero-order chi connectivity index (χ0) is 25.5. The highest BCUT2D eigenvalue weighted by atomic mass is 35.5. The number of rotatable bonds is 5. The molecule has 0 aliphatic heterocycles. The average molecular weight is 561 g/mol. The van der Waals surface area contributed by atoms with Crippen molar-refractivity contribution in [3.63, 3.8) is 0 Å². The number of fused-ring (bicyclic) bond motifs is 1. The second-order valence-electron chi connectivity index (χ2n) is 10.9. The van der Waals surface area contributed by atoms with Gasteiger partial charge < -0.3 is 4.55 Å². The molecular weight excluding hydrogens is 529 g/mol. The fraction of sp³-hybridized carbons (Fsp3) is 0.429. The van der Waals surface area contributed by atoms with E-state index < -0.39 is 11.4 Å². The highest BCUT2D eigenvalue weighted by molar-refractivity contribution is 7.99. The Kier molecular flexibility index (Phi) is 7.66. The van der Waals surface area contributed by atoms with E-state index in [1.54, 1.807) is 6.20 Å². The van der Waals surface area contributed by atoms with Gasteiger partial charge in [-0.05, 0) is 93.0 Å². The molecule has 0 amide bonds. The maximum absolute atomic E-state index is 13.1. The number of pyridine rings is 2. The molecule has 0 bridgehead atoms. The Bertz CT molecular complexity index is 1220. The van der Waals surface area contributed by atoms with E-state index in [-0.39, 0.29) is 16.2 Å². The summed E-state index contributed by atoms with van der Waals surface area (Å²) in [5.74, 6) is 0.485. The van der Waals surface area contributed by atoms with E-state index >= 15 is 0 Å². The van der Waals surface area contributed by atoms with Crippen molar-refractivity contribution in [2.24, 2.45) is 5.41 Å². The number of benzene rings is 1. The van der Waals surface area contributed by atoms with Gasteiger partial charge in [0, 0.05) is 28.7 Å². The number of nitrogens with zero attached hydrogens (tertiary/aromatic N) is 2. The van der Waals surface area contributed by atoms with Crippen LogP contribution in [-0.2, 0) is 17.8 Å². The summed E-state index contributed by atoms with van der Waals surface area (Å²) >= 11 is 12.7. The van der Waals surface area contributed by atoms with Gasteiger partial charge in [0.15, 0.2) is 0 Å². The van der Waals surface area contributed by atoms with Gasteiger partial charge in [0.05, 0.1) is 11.1 Å². The SMILES string of the molecule is CC(C)(C)[S@@+]([O-])NC1c2ccccc2C[C@]12CC[C@H](c1ccc(Sc3ccnc(Cl)c3Cl)nc1)CC2. The molecular formula is C28H31Cl2N3OS2. The van der Waals surface area contributed by atoms with Gasteiger partial charge in [0.2, 0.25) is 0 Å². The molecule has 0 saturated heterocycles. The molecule has 36 heavy (non-hydrogen) atoms. The number of aromatic nitrogens is 2. The normalized spacial score (nSPS) is 24.6. The van der Waals surface area contributed by atoms with E-state index in [0.717, 1.165) is 42.0 Å². The zero-order valence-corrected chi connectivity index (χ0v) is 23.9. The summed E-state index contributed by atoms with van der Waals surface area (Å²) in [5, 5.41) is 1.65. The molecule has 3 aromatic rings. The fourth-order valence-electron chi connectivity index (χ4n) is 5.54. The Balaban J connectivity index is 1.29. The van der Waals surface area contributed by atoms with E-state index in [9.17, 15) is 4.55 Å². The van der Waals surface area contributed by atoms with Crippen molar-refractivity contribution in [2.45, 2.75) is 79.5 Å². The van der Waals surface area contributed by atoms with Crippen LogP contribution in [0.15, 0.2) is 64.8 Å². The topological polar surface area (TPSA) is 60.9 Å². The summed E-state index contributed by atoms with van der Waals surface area (Å²) in [6, 6.07) is 14.9. The predicted molar refractivity (Wildman–Crippen MR) is 150 cm³/mol. The summed E-state index contributed by atoms with van der Waals surface area (Å²) in [5.41, 5.74) is 4.12. The maximum Gasteiger partial charge on any atom is 0.148 e. The minimum absolute atomic E-state index is 0.113. The first kappa shape index (κ1) is 26.3. The van der Waals surface area contributed by atoms with Crippen molar-refractivity contribution in [3.8, 4) is 0 Å². The van der Waals surface area contributed by atoms with Crippen LogP contribution in [0.5, 0.6) is 0 Å². The van der Waals surface area contributed by atoms with Gasteiger partial charge in [-0.15, -0.1) is 4.72 Å². The van der Waals surface area contributed by atoms with Crippen molar-refractivity contribution in [1.29, 1.82) is 0 Å². The van der Waals surface area contributed by atoms with E-state index in [1.165, 1.54) is 28.5 Å². The number of nitrogens with one attached hydrogen (secondary N) is 1. The average Bonchev–Trinajstić information content (AvgIpc) is 3.15. The molecule has 4 nitrogen and oxygen atoms in total. The molecule has 0 radical (unpaired) electrons. The van der Waals surface area contributed by atoms with Crippen molar-refractivity contribution >= 4 is 46.3 Å². The van der Waals surface area contributed by atoms with Crippen molar-refractivity contribution in [3.05, 3.63) is 81.7 Å². The first-order chi connectivity index (χ1) is 17.2. The summed E-state index contributed by atoms with van der Waals surface area (Å²) in [6.07, 6.45) is 9.14. The Labute approximate surface area is 231 Å². The summed E-state index contributed by atoms with van der Waals surface area (Å²) < 4.78 is 16.4. The lowest BCUT2D eigenvalue weighted by Gasteiger charge is -2.42. The van der Waals surface area contributed by atoms with Gasteiger partial charge in [-0.25, -0.2) is 9.97 Å². The van der Waals surface area contributed by atoms with Crippen LogP contribution in [0.25, 0.3) is 0 Å². The number of hydrogen-bond donors (Lipinski definition) is 1. The van der Waals surface area contributed by atoms with Crippen LogP contribution in [0.3, 0.4) is 0 Å². The first-order valence-electron chi connectivity index (χ1n) is 12.4. The lowest BCUT2D eigenvalue weighted by molar-refractivity contribution is 0.140. The fourth-order valence-corrected chi connectivity index (χ4v) is 7.71. The van der Waals surface area contributed by atoms with Gasteiger partial charge >= 0.3 is 0 Å². The monoisotopic (exact) mass is 559 g/mol. The quantitative estimate of drug-likeness (QED) is 0.254. The van der Waals surface area contributed by atoms with Gasteiger partial charge in [-0.1, -0.05) is 65.3 Å². The van der Waals surface area contributed by atoms with Crippen LogP contribution >= 0.6 is 35.0 Å². The van der Waals surface area contributed by atoms with Crippen molar-refractivity contribution in [2.75, 3.05) is 0 Å². The second kappa shape index (κ2) is 10.5. The van der Waals surface area contributed by atoms with Crippen LogP contribution < -0.4 is 4.72 Å². The van der Waals surface area contributed by atoms with Crippen LogP contribution in [-0.4, -0.2) is 19.3 Å². The highest BCUT2D eigenvalue weighted by Crippen LogP contribution is 2.56. The largest absolute Gasteiger partial charge is 0.598 e. The minimum atomic E-state index is -1.11. The molecule has 1 N–H and O–H groups in total. The van der Waals surface area contributed by atoms with Gasteiger partial charge in [0.25, 0.3) is 0 Å². The summed E-state index contributed by atoms with van der Waals surface area (Å²) in [6.45, 7) is 6.10. The molecule has 1 aromatic carbocycles. The molecule has 5 rings (SSSR count). The van der Waals surface area contributed by atoms with Crippen molar-refractivity contribution in [1.82, 2.24) is 14.7 Å². The van der Waals surface area contributed by atoms with Crippen LogP contribution in [0.4, 0.5) is 0 Å². The smallest absolute Gasteiger partial charge is 0.148 e. The Morgan fingerprint density at radius 3 is 2.50 bits per heavy atom. The Morgan fingerprint density at radius 1 is 1.06 bits per heavy atom. The maximum atomic E-state index is 13.1. The molecule has 190 valence electrons. The standard InChI is InChI=1S/C28H31Cl2N3OS2/c1-27(2,3)36(34)33-25-21-7-5-4-6-19(21)16-28(25)13-10-18(11-14-28)20-8-9-23(32-17-20)35-22-12-15-31-26(30)24(22)29/h4-9,12,15,17-18,25,33H,10-11,13-14,16H2,1-3H3/t18-,25?,28+,36-/m1/s1. The lowest BCUT2D eigenvalue weighted by Crippen LogP contribution is -2.46. The predicted octanol–water partition coefficient (Wildman–Crippen LogP) is 7.93. The number of hydrogen-bond acceptors (Lipinski definition) is 5. The zero-order valence-electron chi connectivity index (χ0n) is 20.8. The highest BCUT2D eigenvalue weighted by Gasteiger charge is 2.50. The molecule has 2 heterocycles. The second-order valence-corrected chi connectivity index (χ2v) is 14.7. The molecule has 8 heteroatoms. The Morgan fingerprint density at radius 2 is 1.81 bits per heavy atom. The molecule has 2 aromatic heterocycles. The minimum Gasteiger partial charge on any atom is -0.598 e. The molecule has 1 spiro atoms. The third kappa shape index (κ3) is 5.31. The molecule has 2 aliphatic carbocycles. The van der Waals surface area contributed by atoms with E-state index in [0.29, 0.717) is 16.1 Å². The molecule has 1 unspecified atom stereocenters. The third-order valence-corrected chi connectivity index (χ3v) is 11.0. The van der Waals surface area contributed by atoms with Crippen molar-refractivity contribution < 1.29 is 4.55 Å². The van der Waals surface area contributed by atoms with E-state index in [2.05, 4.69) is 46.1 Å². The summed E-state index contributed by atoms with van der Waals surface area (Å²) in [7, 11) is 0. The third-order valence-electron chi connectivity index (χ3n) is 7.54. The van der Waals surface area contributed by atoms with E-state index in [4.69, 9.17) is 28.2 Å². The van der Waals surface area contributed by atoms with Crippen LogP contribution in [0.1, 0.15) is 75.1 Å². The van der Waals surface area contributed by atoms with Gasteiger partial charge in [-0.2, -0.15) is 0 Å². The van der Waals surface area contributed by atoms with E-state index in [1.807, 2.05) is 33.0 Å². The molecule has 1 saturated carbocycles. The van der Waals surface area contributed by atoms with Gasteiger partial charge in [-0.3, -0.25) is 0 Å². The molecule has 2 atom stereocenters. The van der Waals surface area contributed by atoms with Crippen LogP contribution in [0, 0.1) is 5.41 Å². The Hall–Kier alpha value is -1.28. The molecule has 2 aliphatic rings. The lowest BCUT2D eigenvalue weighted by atomic mass is 9.66. The number of halogens is 2. The van der Waals surface area contributed by atoms with Gasteiger partial charge in [0.1, 0.15) is 14.9 Å². The summed E-state index contributed by atoms with van der Waals surface area (Å²) in [4.78, 5) is 9.57. The molecule has 1 fully saturated rings. The first-order valence-corrected chi connectivity index (χ1v) is 15.1. The van der Waals surface area contributed by atoms with Crippen LogP contribution in [0.2, 0.25) is 10.2 Å².